The molecule has 1 heterocycles. The molecule has 0 aliphatic carbocycles. The third-order valence-corrected chi connectivity index (χ3v) is 4.12. The van der Waals surface area contributed by atoms with Crippen LogP contribution in [0.25, 0.3) is 0 Å². The summed E-state index contributed by atoms with van der Waals surface area (Å²) in [6, 6.07) is 10.0. The fraction of sp³-hybridized carbons (Fsp3) is 0.600. The van der Waals surface area contributed by atoms with Crippen LogP contribution in [0.4, 0.5) is 0 Å². The number of nitrogens with zero attached hydrogens (tertiary/aromatic N) is 1. The number of rotatable bonds is 3. The van der Waals surface area contributed by atoms with E-state index < -0.39 is 0 Å². The largest absolute Gasteiger partial charge is 0.317 e. The van der Waals surface area contributed by atoms with Gasteiger partial charge in [0.15, 0.2) is 0 Å². The highest BCUT2D eigenvalue weighted by Crippen LogP contribution is 2.26. The van der Waals surface area contributed by atoms with Crippen molar-refractivity contribution in [1.29, 1.82) is 0 Å². The number of nitrogens with one attached hydrogen (secondary N) is 1. The van der Waals surface area contributed by atoms with E-state index in [1.807, 2.05) is 0 Å². The highest BCUT2D eigenvalue weighted by Gasteiger charge is 2.23. The number of likely N-dealkylation sites (tertiary alicyclic amines) is 1. The van der Waals surface area contributed by atoms with Crippen LogP contribution in [0.5, 0.6) is 0 Å². The van der Waals surface area contributed by atoms with E-state index in [0.29, 0.717) is 6.04 Å². The van der Waals surface area contributed by atoms with Crippen LogP contribution in [0.15, 0.2) is 24.3 Å². The number of aryl methyl sites for hydroxylation is 1. The molecule has 1 fully saturated rings. The molecule has 0 aromatic heterocycles. The summed E-state index contributed by atoms with van der Waals surface area (Å²) in [5, 5.41) is 3.39. The lowest BCUT2D eigenvalue weighted by atomic mass is 9.97. The van der Waals surface area contributed by atoms with E-state index in [1.165, 1.54) is 37.1 Å². The highest BCUT2D eigenvalue weighted by molar-refractivity contribution is 5.28. The number of hydrogen-bond acceptors (Lipinski definition) is 2. The Bertz CT molecular complexity index is 354. The second-order valence-corrected chi connectivity index (χ2v) is 5.13. The molecule has 2 nitrogen and oxygen atoms in total. The minimum Gasteiger partial charge on any atom is -0.317 e. The maximum atomic E-state index is 3.39. The van der Waals surface area contributed by atoms with Gasteiger partial charge in [0.25, 0.3) is 0 Å². The summed E-state index contributed by atoms with van der Waals surface area (Å²) in [4.78, 5) is 2.61. The highest BCUT2D eigenvalue weighted by atomic mass is 15.2. The minimum atomic E-state index is 0.550. The quantitative estimate of drug-likeness (QED) is 0.862. The van der Waals surface area contributed by atoms with Gasteiger partial charge in [-0.2, -0.15) is 0 Å². The van der Waals surface area contributed by atoms with Gasteiger partial charge in [-0.05, 0) is 44.9 Å². The minimum absolute atomic E-state index is 0.550. The number of benzene rings is 1. The van der Waals surface area contributed by atoms with Gasteiger partial charge in [0.1, 0.15) is 0 Å². The second-order valence-electron chi connectivity index (χ2n) is 5.13. The van der Waals surface area contributed by atoms with Gasteiger partial charge in [-0.3, -0.25) is 4.90 Å². The van der Waals surface area contributed by atoms with E-state index in [0.717, 1.165) is 6.04 Å². The topological polar surface area (TPSA) is 15.3 Å². The van der Waals surface area contributed by atoms with Crippen molar-refractivity contribution in [1.82, 2.24) is 10.2 Å². The van der Waals surface area contributed by atoms with E-state index in [2.05, 4.69) is 55.4 Å². The molecule has 2 rings (SSSR count). The molecule has 0 saturated carbocycles. The van der Waals surface area contributed by atoms with Gasteiger partial charge in [-0.15, -0.1) is 0 Å². The Morgan fingerprint density at radius 1 is 1.24 bits per heavy atom. The number of piperidine rings is 1. The summed E-state index contributed by atoms with van der Waals surface area (Å²) >= 11 is 0. The molecule has 17 heavy (non-hydrogen) atoms. The summed E-state index contributed by atoms with van der Waals surface area (Å²) in [5.74, 6) is 0. The van der Waals surface area contributed by atoms with Gasteiger partial charge in [-0.25, -0.2) is 0 Å². The normalized spacial score (nSPS) is 20.4. The van der Waals surface area contributed by atoms with Crippen molar-refractivity contribution in [3.63, 3.8) is 0 Å². The van der Waals surface area contributed by atoms with Gasteiger partial charge in [-0.1, -0.05) is 24.3 Å². The SMILES string of the molecule is CNC1CCN(C(C)c2ccccc2C)CC1. The Morgan fingerprint density at radius 2 is 1.88 bits per heavy atom. The molecule has 1 aliphatic rings. The van der Waals surface area contributed by atoms with Crippen LogP contribution in [-0.2, 0) is 0 Å². The van der Waals surface area contributed by atoms with Gasteiger partial charge < -0.3 is 5.32 Å². The summed E-state index contributed by atoms with van der Waals surface area (Å²) in [5.41, 5.74) is 2.89. The van der Waals surface area contributed by atoms with Crippen LogP contribution in [0, 0.1) is 6.92 Å². The fourth-order valence-corrected chi connectivity index (χ4v) is 2.83. The maximum Gasteiger partial charge on any atom is 0.0322 e. The Balaban J connectivity index is 2.02. The first-order chi connectivity index (χ1) is 8.22. The van der Waals surface area contributed by atoms with Crippen LogP contribution in [0.2, 0.25) is 0 Å². The summed E-state index contributed by atoms with van der Waals surface area (Å²) in [6.07, 6.45) is 2.54. The van der Waals surface area contributed by atoms with Gasteiger partial charge >= 0.3 is 0 Å². The average molecular weight is 232 g/mol. The van der Waals surface area contributed by atoms with Crippen LogP contribution in [0.1, 0.15) is 36.9 Å². The molecule has 0 bridgehead atoms. The van der Waals surface area contributed by atoms with Crippen molar-refractivity contribution in [2.45, 2.75) is 38.8 Å². The zero-order valence-corrected chi connectivity index (χ0v) is 11.2. The first kappa shape index (κ1) is 12.6. The molecule has 94 valence electrons. The molecule has 1 aliphatic heterocycles. The van der Waals surface area contributed by atoms with Crippen LogP contribution >= 0.6 is 0 Å². The lowest BCUT2D eigenvalue weighted by Crippen LogP contribution is -2.42. The maximum absolute atomic E-state index is 3.39. The molecule has 1 unspecified atom stereocenters. The molecule has 1 aromatic carbocycles. The van der Waals surface area contributed by atoms with Crippen molar-refractivity contribution in [3.05, 3.63) is 35.4 Å². The average Bonchev–Trinajstić information content (AvgIpc) is 2.39. The third-order valence-electron chi connectivity index (χ3n) is 4.12. The standard InChI is InChI=1S/C15H24N2/c1-12-6-4-5-7-15(12)13(2)17-10-8-14(16-3)9-11-17/h4-7,13-14,16H,8-11H2,1-3H3. The third kappa shape index (κ3) is 2.88. The zero-order valence-electron chi connectivity index (χ0n) is 11.2. The summed E-state index contributed by atoms with van der Waals surface area (Å²) < 4.78 is 0. The van der Waals surface area contributed by atoms with Gasteiger partial charge in [0.2, 0.25) is 0 Å². The van der Waals surface area contributed by atoms with Crippen molar-refractivity contribution >= 4 is 0 Å². The molecule has 0 radical (unpaired) electrons. The first-order valence-electron chi connectivity index (χ1n) is 6.69. The lowest BCUT2D eigenvalue weighted by molar-refractivity contribution is 0.155. The van der Waals surface area contributed by atoms with Crippen LogP contribution in [-0.4, -0.2) is 31.1 Å². The Morgan fingerprint density at radius 3 is 2.47 bits per heavy atom. The molecule has 0 spiro atoms. The second kappa shape index (κ2) is 5.65. The van der Waals surface area contributed by atoms with Gasteiger partial charge in [0.05, 0.1) is 0 Å². The number of hydrogen-bond donors (Lipinski definition) is 1. The molecular weight excluding hydrogens is 208 g/mol. The molecule has 0 amide bonds. The first-order valence-corrected chi connectivity index (χ1v) is 6.69. The molecule has 1 atom stereocenters. The van der Waals surface area contributed by atoms with Crippen LogP contribution in [0.3, 0.4) is 0 Å². The molecule has 1 saturated heterocycles. The van der Waals surface area contributed by atoms with E-state index >= 15 is 0 Å². The van der Waals surface area contributed by atoms with Crippen molar-refractivity contribution in [2.75, 3.05) is 20.1 Å². The zero-order chi connectivity index (χ0) is 12.3. The Kier molecular flexibility index (Phi) is 4.19. The molecular formula is C15H24N2. The monoisotopic (exact) mass is 232 g/mol. The summed E-state index contributed by atoms with van der Waals surface area (Å²) in [7, 11) is 2.07. The predicted octanol–water partition coefficient (Wildman–Crippen LogP) is 2.74. The Hall–Kier alpha value is -0.860. The van der Waals surface area contributed by atoms with Crippen molar-refractivity contribution in [3.8, 4) is 0 Å². The van der Waals surface area contributed by atoms with E-state index in [9.17, 15) is 0 Å². The van der Waals surface area contributed by atoms with E-state index in [-0.39, 0.29) is 0 Å². The fourth-order valence-electron chi connectivity index (χ4n) is 2.83. The molecule has 1 N–H and O–H groups in total. The van der Waals surface area contributed by atoms with Crippen LogP contribution < -0.4 is 5.32 Å². The van der Waals surface area contributed by atoms with Gasteiger partial charge in [0, 0.05) is 25.2 Å². The van der Waals surface area contributed by atoms with E-state index in [1.54, 1.807) is 0 Å². The predicted molar refractivity (Wildman–Crippen MR) is 73.2 cm³/mol. The smallest absolute Gasteiger partial charge is 0.0322 e. The summed E-state index contributed by atoms with van der Waals surface area (Å²) in [6.45, 7) is 6.97. The van der Waals surface area contributed by atoms with Crippen molar-refractivity contribution < 1.29 is 0 Å². The molecule has 1 aromatic rings. The van der Waals surface area contributed by atoms with Crippen molar-refractivity contribution in [2.24, 2.45) is 0 Å². The van der Waals surface area contributed by atoms with E-state index in [4.69, 9.17) is 0 Å². The molecule has 2 heteroatoms. The lowest BCUT2D eigenvalue weighted by Gasteiger charge is -2.36. The Labute approximate surface area is 105 Å².